The Bertz CT molecular complexity index is 973. The molecule has 1 atom stereocenters. The van der Waals surface area contributed by atoms with Gasteiger partial charge in [-0.25, -0.2) is 0 Å². The number of unbranched alkanes of at least 4 members (excludes halogenated alkanes) is 33. The molecule has 0 spiro atoms. The van der Waals surface area contributed by atoms with E-state index in [1.807, 2.05) is 0 Å². The summed E-state index contributed by atoms with van der Waals surface area (Å²) in [7, 11) is 0. The topological polar surface area (TPSA) is 78.9 Å². The van der Waals surface area contributed by atoms with E-state index in [4.69, 9.17) is 14.2 Å². The highest BCUT2D eigenvalue weighted by Gasteiger charge is 2.19. The Morgan fingerprint density at radius 3 is 0.850 bits per heavy atom. The van der Waals surface area contributed by atoms with Crippen molar-refractivity contribution in [3.63, 3.8) is 0 Å². The summed E-state index contributed by atoms with van der Waals surface area (Å²) in [5, 5.41) is 0. The van der Waals surface area contributed by atoms with Crippen LogP contribution in [-0.4, -0.2) is 37.2 Å². The smallest absolute Gasteiger partial charge is 0.306 e. The lowest BCUT2D eigenvalue weighted by Gasteiger charge is -2.18. The molecule has 0 bridgehead atoms. The molecule has 0 aromatic heterocycles. The first kappa shape index (κ1) is 57.9. The Kier molecular flexibility index (Phi) is 47.8. The van der Waals surface area contributed by atoms with Gasteiger partial charge in [0.15, 0.2) is 6.10 Å². The van der Waals surface area contributed by atoms with E-state index in [0.29, 0.717) is 19.3 Å². The van der Waals surface area contributed by atoms with Gasteiger partial charge in [0.2, 0.25) is 0 Å². The molecule has 6 heteroatoms. The van der Waals surface area contributed by atoms with Gasteiger partial charge in [-0.05, 0) is 70.6 Å². The Balaban J connectivity index is 4.31. The van der Waals surface area contributed by atoms with E-state index in [2.05, 4.69) is 45.1 Å². The van der Waals surface area contributed by atoms with Gasteiger partial charge in [-0.15, -0.1) is 0 Å². The molecule has 0 saturated carbocycles. The summed E-state index contributed by atoms with van der Waals surface area (Å²) in [6.07, 6.45) is 55.9. The minimum atomic E-state index is -0.772. The van der Waals surface area contributed by atoms with Gasteiger partial charge in [-0.1, -0.05) is 218 Å². The second kappa shape index (κ2) is 49.5. The van der Waals surface area contributed by atoms with Crippen LogP contribution in [0, 0.1) is 0 Å². The van der Waals surface area contributed by atoms with Crippen molar-refractivity contribution < 1.29 is 28.6 Å². The van der Waals surface area contributed by atoms with E-state index in [9.17, 15) is 14.4 Å². The zero-order valence-electron chi connectivity index (χ0n) is 40.2. The van der Waals surface area contributed by atoms with Crippen LogP contribution in [0.4, 0.5) is 0 Å². The van der Waals surface area contributed by atoms with Crippen LogP contribution >= 0.6 is 0 Å². The van der Waals surface area contributed by atoms with Crippen LogP contribution in [0.25, 0.3) is 0 Å². The minimum absolute atomic E-state index is 0.0724. The first-order valence-electron chi connectivity index (χ1n) is 26.3. The Hall–Kier alpha value is -2.11. The molecule has 352 valence electrons. The number of ether oxygens (including phenoxy) is 3. The van der Waals surface area contributed by atoms with E-state index in [1.54, 1.807) is 0 Å². The van der Waals surface area contributed by atoms with E-state index < -0.39 is 6.10 Å². The number of carbonyl (C=O) groups is 3. The molecular formula is C54H100O6. The van der Waals surface area contributed by atoms with Gasteiger partial charge in [0.1, 0.15) is 13.2 Å². The van der Waals surface area contributed by atoms with E-state index in [1.165, 1.54) is 180 Å². The maximum absolute atomic E-state index is 12.8. The number of carbonyl (C=O) groups excluding carboxylic acids is 3. The van der Waals surface area contributed by atoms with Crippen LogP contribution in [0.1, 0.15) is 284 Å². The van der Waals surface area contributed by atoms with Crippen molar-refractivity contribution in [3.8, 4) is 0 Å². The fourth-order valence-electron chi connectivity index (χ4n) is 7.67. The summed E-state index contributed by atoms with van der Waals surface area (Å²) in [5.74, 6) is -0.874. The first-order valence-corrected chi connectivity index (χ1v) is 26.3. The monoisotopic (exact) mass is 845 g/mol. The molecule has 6 nitrogen and oxygen atoms in total. The summed E-state index contributed by atoms with van der Waals surface area (Å²) >= 11 is 0. The van der Waals surface area contributed by atoms with Crippen LogP contribution in [0.3, 0.4) is 0 Å². The molecule has 0 rings (SSSR count). The normalized spacial score (nSPS) is 12.1. The molecule has 0 fully saturated rings. The zero-order valence-corrected chi connectivity index (χ0v) is 40.2. The SMILES string of the molecule is CCCCCC/C=C\CCCCCCCC(=O)OC(COC(=O)CCCCCCCCC/C=C\CCCCCCCCC)COC(=O)CCCCCCCCCCCCC. The Labute approximate surface area is 373 Å². The van der Waals surface area contributed by atoms with Crippen LogP contribution < -0.4 is 0 Å². The predicted octanol–water partition coefficient (Wildman–Crippen LogP) is 17.2. The molecule has 0 aliphatic heterocycles. The highest BCUT2D eigenvalue weighted by Crippen LogP contribution is 2.15. The van der Waals surface area contributed by atoms with Crippen LogP contribution in [0.15, 0.2) is 24.3 Å². The predicted molar refractivity (Wildman–Crippen MR) is 256 cm³/mol. The van der Waals surface area contributed by atoms with Crippen molar-refractivity contribution >= 4 is 17.9 Å². The second-order valence-electron chi connectivity index (χ2n) is 17.8. The third kappa shape index (κ3) is 46.9. The molecule has 1 unspecified atom stereocenters. The van der Waals surface area contributed by atoms with Gasteiger partial charge in [0, 0.05) is 19.3 Å². The average Bonchev–Trinajstić information content (AvgIpc) is 3.24. The standard InChI is InChI=1S/C54H100O6/c1-4-7-10-13-16-19-22-24-25-26-27-28-30-32-35-38-41-44-47-53(56)59-50-51(49-58-52(55)46-43-40-37-34-31-21-18-15-12-9-6-3)60-54(57)48-45-42-39-36-33-29-23-20-17-14-11-8-5-2/h20,23,25-26,51H,4-19,21-22,24,27-50H2,1-3H3/b23-20-,26-25-. The van der Waals surface area contributed by atoms with Gasteiger partial charge in [-0.2, -0.15) is 0 Å². The van der Waals surface area contributed by atoms with Crippen molar-refractivity contribution in [2.45, 2.75) is 290 Å². The number of hydrogen-bond donors (Lipinski definition) is 0. The van der Waals surface area contributed by atoms with Gasteiger partial charge < -0.3 is 14.2 Å². The summed E-state index contributed by atoms with van der Waals surface area (Å²) < 4.78 is 16.8. The van der Waals surface area contributed by atoms with Crippen molar-refractivity contribution in [1.82, 2.24) is 0 Å². The van der Waals surface area contributed by atoms with Crippen LogP contribution in [0.5, 0.6) is 0 Å². The third-order valence-electron chi connectivity index (χ3n) is 11.7. The maximum atomic E-state index is 12.8. The van der Waals surface area contributed by atoms with E-state index in [-0.39, 0.29) is 31.1 Å². The van der Waals surface area contributed by atoms with Gasteiger partial charge in [-0.3, -0.25) is 14.4 Å². The van der Waals surface area contributed by atoms with Crippen molar-refractivity contribution in [2.75, 3.05) is 13.2 Å². The Morgan fingerprint density at radius 2 is 0.550 bits per heavy atom. The van der Waals surface area contributed by atoms with Crippen molar-refractivity contribution in [2.24, 2.45) is 0 Å². The summed E-state index contributed by atoms with van der Waals surface area (Å²) in [4.78, 5) is 37.9. The highest BCUT2D eigenvalue weighted by atomic mass is 16.6. The van der Waals surface area contributed by atoms with Gasteiger partial charge in [0.25, 0.3) is 0 Å². The quantitative estimate of drug-likeness (QED) is 0.0263. The summed E-state index contributed by atoms with van der Waals surface area (Å²) in [6, 6.07) is 0. The van der Waals surface area contributed by atoms with Crippen LogP contribution in [-0.2, 0) is 28.6 Å². The molecule has 0 amide bonds. The average molecular weight is 845 g/mol. The molecule has 0 radical (unpaired) electrons. The Morgan fingerprint density at radius 1 is 0.317 bits per heavy atom. The minimum Gasteiger partial charge on any atom is -0.462 e. The first-order chi connectivity index (χ1) is 29.5. The van der Waals surface area contributed by atoms with Crippen molar-refractivity contribution in [1.29, 1.82) is 0 Å². The van der Waals surface area contributed by atoms with Crippen LogP contribution in [0.2, 0.25) is 0 Å². The fourth-order valence-corrected chi connectivity index (χ4v) is 7.67. The molecule has 0 N–H and O–H groups in total. The lowest BCUT2D eigenvalue weighted by Crippen LogP contribution is -2.30. The van der Waals surface area contributed by atoms with E-state index >= 15 is 0 Å². The number of rotatable bonds is 48. The molecule has 0 aromatic carbocycles. The number of esters is 3. The maximum Gasteiger partial charge on any atom is 0.306 e. The molecule has 0 aromatic rings. The number of allylic oxidation sites excluding steroid dienone is 4. The molecule has 0 saturated heterocycles. The summed E-state index contributed by atoms with van der Waals surface area (Å²) in [6.45, 7) is 6.63. The van der Waals surface area contributed by atoms with Crippen molar-refractivity contribution in [3.05, 3.63) is 24.3 Å². The lowest BCUT2D eigenvalue weighted by atomic mass is 10.1. The lowest BCUT2D eigenvalue weighted by molar-refractivity contribution is -0.167. The largest absolute Gasteiger partial charge is 0.462 e. The number of hydrogen-bond acceptors (Lipinski definition) is 6. The van der Waals surface area contributed by atoms with Gasteiger partial charge >= 0.3 is 17.9 Å². The molecule has 60 heavy (non-hydrogen) atoms. The molecule has 0 aliphatic rings. The molecule has 0 aliphatic carbocycles. The van der Waals surface area contributed by atoms with Gasteiger partial charge in [0.05, 0.1) is 0 Å². The third-order valence-corrected chi connectivity index (χ3v) is 11.7. The molecular weight excluding hydrogens is 745 g/mol. The second-order valence-corrected chi connectivity index (χ2v) is 17.8. The highest BCUT2D eigenvalue weighted by molar-refractivity contribution is 5.71. The summed E-state index contributed by atoms with van der Waals surface area (Å²) in [5.41, 5.74) is 0. The van der Waals surface area contributed by atoms with E-state index in [0.717, 1.165) is 64.2 Å². The zero-order chi connectivity index (χ0) is 43.7. The molecule has 0 heterocycles. The fraction of sp³-hybridized carbons (Fsp3) is 0.870.